The van der Waals surface area contributed by atoms with Gasteiger partial charge in [0.15, 0.2) is 0 Å². The Labute approximate surface area is 79.6 Å². The van der Waals surface area contributed by atoms with Gasteiger partial charge in [0.1, 0.15) is 0 Å². The summed E-state index contributed by atoms with van der Waals surface area (Å²) in [5.74, 6) is 0. The number of benzene rings is 1. The monoisotopic (exact) mass is 173 g/mol. The Kier molecular flexibility index (Phi) is 2.17. The molecule has 0 radical (unpaired) electrons. The van der Waals surface area contributed by atoms with Crippen LogP contribution < -0.4 is 0 Å². The number of nitrogens with one attached hydrogen (secondary N) is 1. The highest BCUT2D eigenvalue weighted by molar-refractivity contribution is 5.82. The molecule has 1 heterocycles. The largest absolute Gasteiger partial charge is 0.361 e. The average molecular weight is 173 g/mol. The standard InChI is InChI=1S/C12H13N.H2/c1-2-3-6-10-9-13-12-8-5-4-7-11(10)12;/h2,4-5,7-9,13H,1,3,6H2;1H. The zero-order chi connectivity index (χ0) is 9.10. The number of aromatic nitrogens is 1. The first-order valence-corrected chi connectivity index (χ1v) is 4.57. The van der Waals surface area contributed by atoms with Crippen molar-refractivity contribution in [2.45, 2.75) is 12.8 Å². The molecule has 1 nitrogen and oxygen atoms in total. The highest BCUT2D eigenvalue weighted by Gasteiger charge is 2.00. The lowest BCUT2D eigenvalue weighted by atomic mass is 10.1. The van der Waals surface area contributed by atoms with Crippen molar-refractivity contribution in [3.8, 4) is 0 Å². The number of H-pyrrole nitrogens is 1. The minimum Gasteiger partial charge on any atom is -0.361 e. The number of hydrogen-bond acceptors (Lipinski definition) is 0. The third-order valence-electron chi connectivity index (χ3n) is 2.29. The quantitative estimate of drug-likeness (QED) is 0.683. The van der Waals surface area contributed by atoms with E-state index in [0.29, 0.717) is 0 Å². The maximum atomic E-state index is 3.73. The summed E-state index contributed by atoms with van der Waals surface area (Å²) in [6.07, 6.45) is 6.17. The number of rotatable bonds is 3. The lowest BCUT2D eigenvalue weighted by Gasteiger charge is -1.94. The van der Waals surface area contributed by atoms with Gasteiger partial charge in [-0.3, -0.25) is 0 Å². The van der Waals surface area contributed by atoms with Gasteiger partial charge in [-0.05, 0) is 24.5 Å². The van der Waals surface area contributed by atoms with E-state index in [1.54, 1.807) is 0 Å². The second-order valence-electron chi connectivity index (χ2n) is 3.19. The minimum absolute atomic E-state index is 0. The van der Waals surface area contributed by atoms with E-state index >= 15 is 0 Å². The molecule has 0 aliphatic heterocycles. The van der Waals surface area contributed by atoms with E-state index in [9.17, 15) is 0 Å². The minimum atomic E-state index is 0. The number of allylic oxidation sites excluding steroid dienone is 1. The van der Waals surface area contributed by atoms with E-state index in [0.717, 1.165) is 12.8 Å². The lowest BCUT2D eigenvalue weighted by Crippen LogP contribution is -1.79. The maximum absolute atomic E-state index is 3.73. The number of hydrogen-bond donors (Lipinski definition) is 1. The highest BCUT2D eigenvalue weighted by Crippen LogP contribution is 2.18. The van der Waals surface area contributed by atoms with E-state index in [4.69, 9.17) is 0 Å². The molecule has 1 heteroatoms. The molecule has 1 N–H and O–H groups in total. The molecule has 0 atom stereocenters. The second kappa shape index (κ2) is 3.48. The summed E-state index contributed by atoms with van der Waals surface area (Å²) in [7, 11) is 0. The van der Waals surface area contributed by atoms with Gasteiger partial charge in [0, 0.05) is 18.5 Å². The molecule has 1 aromatic carbocycles. The average Bonchev–Trinajstić information content (AvgIpc) is 2.58. The van der Waals surface area contributed by atoms with Gasteiger partial charge < -0.3 is 4.98 Å². The smallest absolute Gasteiger partial charge is 0.0456 e. The third kappa shape index (κ3) is 1.50. The van der Waals surface area contributed by atoms with Gasteiger partial charge in [-0.1, -0.05) is 24.3 Å². The van der Waals surface area contributed by atoms with Crippen LogP contribution in [0.5, 0.6) is 0 Å². The Morgan fingerprint density at radius 3 is 3.08 bits per heavy atom. The molecule has 2 aromatic rings. The van der Waals surface area contributed by atoms with E-state index in [-0.39, 0.29) is 1.43 Å². The maximum Gasteiger partial charge on any atom is 0.0456 e. The third-order valence-corrected chi connectivity index (χ3v) is 2.29. The summed E-state index contributed by atoms with van der Waals surface area (Å²) >= 11 is 0. The normalized spacial score (nSPS) is 10.5. The molecule has 0 aliphatic carbocycles. The zero-order valence-corrected chi connectivity index (χ0v) is 7.59. The molecule has 0 unspecified atom stereocenters. The number of aromatic amines is 1. The molecule has 0 bridgehead atoms. The van der Waals surface area contributed by atoms with Crippen LogP contribution in [0.25, 0.3) is 10.9 Å². The SMILES string of the molecule is C=CCCc1c[nH]c2ccccc12.[HH]. The molecule has 0 saturated carbocycles. The first-order chi connectivity index (χ1) is 6.42. The Morgan fingerprint density at radius 1 is 1.38 bits per heavy atom. The van der Waals surface area contributed by atoms with Gasteiger partial charge in [0.2, 0.25) is 0 Å². The Morgan fingerprint density at radius 2 is 2.23 bits per heavy atom. The highest BCUT2D eigenvalue weighted by atomic mass is 14.7. The van der Waals surface area contributed by atoms with Crippen LogP contribution in [-0.4, -0.2) is 4.98 Å². The van der Waals surface area contributed by atoms with Crippen LogP contribution in [0.3, 0.4) is 0 Å². The topological polar surface area (TPSA) is 15.8 Å². The fourth-order valence-corrected chi connectivity index (χ4v) is 1.60. The van der Waals surface area contributed by atoms with Crippen molar-refractivity contribution >= 4 is 10.9 Å². The molecule has 13 heavy (non-hydrogen) atoms. The first kappa shape index (κ1) is 8.11. The van der Waals surface area contributed by atoms with Crippen LogP contribution in [0.4, 0.5) is 0 Å². The summed E-state index contributed by atoms with van der Waals surface area (Å²) in [4.78, 5) is 3.26. The molecular formula is C12H15N. The van der Waals surface area contributed by atoms with Crippen molar-refractivity contribution < 1.29 is 1.43 Å². The van der Waals surface area contributed by atoms with E-state index in [1.807, 2.05) is 6.08 Å². The van der Waals surface area contributed by atoms with E-state index in [2.05, 4.69) is 42.0 Å². The number of fused-ring (bicyclic) bond motifs is 1. The predicted molar refractivity (Wildman–Crippen MR) is 58.9 cm³/mol. The van der Waals surface area contributed by atoms with Crippen LogP contribution in [0.1, 0.15) is 13.4 Å². The van der Waals surface area contributed by atoms with Crippen molar-refractivity contribution in [1.29, 1.82) is 0 Å². The van der Waals surface area contributed by atoms with Crippen molar-refractivity contribution in [3.05, 3.63) is 48.7 Å². The van der Waals surface area contributed by atoms with Crippen molar-refractivity contribution in [2.75, 3.05) is 0 Å². The van der Waals surface area contributed by atoms with E-state index < -0.39 is 0 Å². The van der Waals surface area contributed by atoms with Crippen LogP contribution in [0, 0.1) is 0 Å². The molecule has 0 spiro atoms. The number of aryl methyl sites for hydroxylation is 1. The van der Waals surface area contributed by atoms with Gasteiger partial charge in [0.25, 0.3) is 0 Å². The zero-order valence-electron chi connectivity index (χ0n) is 7.59. The van der Waals surface area contributed by atoms with Crippen molar-refractivity contribution in [1.82, 2.24) is 4.98 Å². The van der Waals surface area contributed by atoms with Gasteiger partial charge in [-0.15, -0.1) is 6.58 Å². The van der Waals surface area contributed by atoms with Crippen LogP contribution in [0.2, 0.25) is 0 Å². The van der Waals surface area contributed by atoms with Gasteiger partial charge in [-0.25, -0.2) is 0 Å². The molecule has 1 aromatic heterocycles. The van der Waals surface area contributed by atoms with Crippen LogP contribution >= 0.6 is 0 Å². The van der Waals surface area contributed by atoms with Gasteiger partial charge in [0.05, 0.1) is 0 Å². The summed E-state index contributed by atoms with van der Waals surface area (Å²) in [5.41, 5.74) is 2.61. The Balaban J connectivity index is 0.000000980. The molecule has 0 fully saturated rings. The number of para-hydroxylation sites is 1. The molecule has 0 amide bonds. The lowest BCUT2D eigenvalue weighted by molar-refractivity contribution is 1.01. The molecule has 0 aliphatic rings. The van der Waals surface area contributed by atoms with Crippen LogP contribution in [-0.2, 0) is 6.42 Å². The molecular weight excluding hydrogens is 158 g/mol. The van der Waals surface area contributed by atoms with Gasteiger partial charge >= 0.3 is 0 Å². The second-order valence-corrected chi connectivity index (χ2v) is 3.19. The summed E-state index contributed by atoms with van der Waals surface area (Å²) in [5, 5.41) is 1.34. The summed E-state index contributed by atoms with van der Waals surface area (Å²) in [6.45, 7) is 3.73. The molecule has 2 rings (SSSR count). The van der Waals surface area contributed by atoms with Gasteiger partial charge in [-0.2, -0.15) is 0 Å². The van der Waals surface area contributed by atoms with E-state index in [1.165, 1.54) is 16.5 Å². The Bertz CT molecular complexity index is 417. The van der Waals surface area contributed by atoms with Crippen molar-refractivity contribution in [2.24, 2.45) is 0 Å². The van der Waals surface area contributed by atoms with Crippen molar-refractivity contribution in [3.63, 3.8) is 0 Å². The fraction of sp³-hybridized carbons (Fsp3) is 0.167. The predicted octanol–water partition coefficient (Wildman–Crippen LogP) is 3.53. The Hall–Kier alpha value is -1.50. The first-order valence-electron chi connectivity index (χ1n) is 4.57. The fourth-order valence-electron chi connectivity index (χ4n) is 1.60. The summed E-state index contributed by atoms with van der Waals surface area (Å²) in [6, 6.07) is 8.39. The molecule has 0 saturated heterocycles. The summed E-state index contributed by atoms with van der Waals surface area (Å²) < 4.78 is 0. The van der Waals surface area contributed by atoms with Crippen LogP contribution in [0.15, 0.2) is 43.1 Å². The molecule has 68 valence electrons.